The van der Waals surface area contributed by atoms with Gasteiger partial charge in [0.2, 0.25) is 12.7 Å². The molecule has 4 rings (SSSR count). The van der Waals surface area contributed by atoms with Crippen LogP contribution in [0.5, 0.6) is 11.5 Å². The van der Waals surface area contributed by atoms with Crippen molar-refractivity contribution in [2.75, 3.05) is 31.3 Å². The predicted molar refractivity (Wildman–Crippen MR) is 161 cm³/mol. The van der Waals surface area contributed by atoms with Gasteiger partial charge in [-0.15, -0.1) is 0 Å². The number of carboxylic acids is 1. The Bertz CT molecular complexity index is 1270. The van der Waals surface area contributed by atoms with E-state index in [2.05, 4.69) is 45.6 Å². The standard InChI is InChI=1S/C33H45N3O5/c1-6-7-13-36(25-10-8-9-23(14-25)18-34)30(37)20-35-19-26(24-11-12-28-29(15-24)41-21-40-28)31(32(38)39)27(35)17-33(4,5)16-22(2)3/h8-12,14-16,26-27,31H,6-7,13,17-21,34H2,1-5H3,(H,38,39). The maximum atomic E-state index is 14.0. The minimum atomic E-state index is -0.848. The van der Waals surface area contributed by atoms with Crippen LogP contribution in [-0.2, 0) is 16.1 Å². The summed E-state index contributed by atoms with van der Waals surface area (Å²) < 4.78 is 11.1. The molecule has 2 aliphatic rings. The average molecular weight is 564 g/mol. The van der Waals surface area contributed by atoms with Gasteiger partial charge in [0.05, 0.1) is 12.5 Å². The van der Waals surface area contributed by atoms with Crippen LogP contribution in [0.1, 0.15) is 70.9 Å². The molecule has 1 saturated heterocycles. The van der Waals surface area contributed by atoms with Crippen molar-refractivity contribution in [2.24, 2.45) is 17.1 Å². The van der Waals surface area contributed by atoms with E-state index in [9.17, 15) is 14.7 Å². The summed E-state index contributed by atoms with van der Waals surface area (Å²) in [4.78, 5) is 30.9. The second kappa shape index (κ2) is 13.1. The number of anilines is 1. The monoisotopic (exact) mass is 563 g/mol. The molecule has 2 aromatic rings. The van der Waals surface area contributed by atoms with Crippen LogP contribution in [0.3, 0.4) is 0 Å². The Morgan fingerprint density at radius 2 is 1.90 bits per heavy atom. The van der Waals surface area contributed by atoms with E-state index < -0.39 is 11.9 Å². The minimum Gasteiger partial charge on any atom is -0.481 e. The fourth-order valence-corrected chi connectivity index (χ4v) is 6.43. The highest BCUT2D eigenvalue weighted by atomic mass is 16.7. The number of allylic oxidation sites excluding steroid dienone is 2. The molecule has 3 N–H and O–H groups in total. The molecule has 0 saturated carbocycles. The van der Waals surface area contributed by atoms with Crippen molar-refractivity contribution in [1.29, 1.82) is 0 Å². The number of ether oxygens (including phenoxy) is 2. The van der Waals surface area contributed by atoms with Crippen LogP contribution in [0.4, 0.5) is 5.69 Å². The maximum absolute atomic E-state index is 14.0. The smallest absolute Gasteiger partial charge is 0.308 e. The van der Waals surface area contributed by atoms with Crippen LogP contribution in [0, 0.1) is 11.3 Å². The zero-order chi connectivity index (χ0) is 29.7. The largest absolute Gasteiger partial charge is 0.481 e. The Hall–Kier alpha value is -3.36. The van der Waals surface area contributed by atoms with Crippen molar-refractivity contribution < 1.29 is 24.2 Å². The average Bonchev–Trinajstić information content (AvgIpc) is 3.52. The van der Waals surface area contributed by atoms with E-state index in [1.807, 2.05) is 47.4 Å². The number of nitrogens with zero attached hydrogens (tertiary/aromatic N) is 2. The summed E-state index contributed by atoms with van der Waals surface area (Å²) in [6.07, 6.45) is 4.64. The van der Waals surface area contributed by atoms with E-state index in [1.54, 1.807) is 0 Å². The molecular weight excluding hydrogens is 518 g/mol. The third-order valence-corrected chi connectivity index (χ3v) is 8.11. The van der Waals surface area contributed by atoms with Crippen LogP contribution in [0.15, 0.2) is 54.1 Å². The summed E-state index contributed by atoms with van der Waals surface area (Å²) in [5, 5.41) is 10.6. The Morgan fingerprint density at radius 3 is 2.59 bits per heavy atom. The van der Waals surface area contributed by atoms with E-state index in [4.69, 9.17) is 15.2 Å². The van der Waals surface area contributed by atoms with Crippen LogP contribution in [0.25, 0.3) is 0 Å². The van der Waals surface area contributed by atoms with Gasteiger partial charge in [-0.25, -0.2) is 0 Å². The normalized spacial score (nSPS) is 20.2. The van der Waals surface area contributed by atoms with Gasteiger partial charge in [0.25, 0.3) is 0 Å². The molecule has 8 heteroatoms. The minimum absolute atomic E-state index is 0.0342. The van der Waals surface area contributed by atoms with Crippen LogP contribution < -0.4 is 20.1 Å². The predicted octanol–water partition coefficient (Wildman–Crippen LogP) is 5.56. The summed E-state index contributed by atoms with van der Waals surface area (Å²) in [7, 11) is 0. The number of hydrogen-bond donors (Lipinski definition) is 2. The number of carboxylic acid groups (broad SMARTS) is 1. The molecule has 8 nitrogen and oxygen atoms in total. The summed E-state index contributed by atoms with van der Waals surface area (Å²) in [6, 6.07) is 13.2. The first-order chi connectivity index (χ1) is 19.5. The van der Waals surface area contributed by atoms with E-state index in [-0.39, 0.29) is 36.6 Å². The van der Waals surface area contributed by atoms with E-state index >= 15 is 0 Å². The molecule has 2 aliphatic heterocycles. The third kappa shape index (κ3) is 7.29. The molecule has 1 amide bonds. The maximum Gasteiger partial charge on any atom is 0.308 e. The second-order valence-corrected chi connectivity index (χ2v) is 12.3. The first-order valence-corrected chi connectivity index (χ1v) is 14.6. The van der Waals surface area contributed by atoms with Crippen LogP contribution >= 0.6 is 0 Å². The Morgan fingerprint density at radius 1 is 1.15 bits per heavy atom. The fraction of sp³-hybridized carbons (Fsp3) is 0.515. The van der Waals surface area contributed by atoms with E-state index in [0.717, 1.165) is 29.7 Å². The number of carbonyl (C=O) groups is 2. The molecule has 3 atom stereocenters. The number of rotatable bonds is 12. The second-order valence-electron chi connectivity index (χ2n) is 12.3. The highest BCUT2D eigenvalue weighted by molar-refractivity contribution is 5.95. The molecule has 2 aromatic carbocycles. The quantitative estimate of drug-likeness (QED) is 0.326. The van der Waals surface area contributed by atoms with Crippen molar-refractivity contribution in [3.63, 3.8) is 0 Å². The lowest BCUT2D eigenvalue weighted by molar-refractivity contribution is -0.143. The lowest BCUT2D eigenvalue weighted by Crippen LogP contribution is -2.45. The van der Waals surface area contributed by atoms with Gasteiger partial charge in [0.15, 0.2) is 11.5 Å². The Kier molecular flexibility index (Phi) is 9.76. The third-order valence-electron chi connectivity index (χ3n) is 8.11. The van der Waals surface area contributed by atoms with Gasteiger partial charge in [-0.1, -0.05) is 57.0 Å². The van der Waals surface area contributed by atoms with Crippen LogP contribution in [-0.4, -0.2) is 54.4 Å². The van der Waals surface area contributed by atoms with Crippen molar-refractivity contribution in [3.8, 4) is 11.5 Å². The highest BCUT2D eigenvalue weighted by Gasteiger charge is 2.48. The zero-order valence-electron chi connectivity index (χ0n) is 25.1. The lowest BCUT2D eigenvalue weighted by Gasteiger charge is -2.34. The Balaban J connectivity index is 1.69. The highest BCUT2D eigenvalue weighted by Crippen LogP contribution is 2.45. The van der Waals surface area contributed by atoms with Gasteiger partial charge in [-0.2, -0.15) is 0 Å². The fourth-order valence-electron chi connectivity index (χ4n) is 6.43. The molecular formula is C33H45N3O5. The summed E-state index contributed by atoms with van der Waals surface area (Å²) in [5.41, 5.74) is 9.51. The van der Waals surface area contributed by atoms with Gasteiger partial charge in [-0.05, 0) is 67.5 Å². The number of unbranched alkanes of at least 4 members (excludes halogenated alkanes) is 1. The van der Waals surface area contributed by atoms with Gasteiger partial charge >= 0.3 is 5.97 Å². The molecule has 3 unspecified atom stereocenters. The SMILES string of the molecule is CCCCN(C(=O)CN1CC(c2ccc3c(c2)OCO3)C(C(=O)O)C1CC(C)(C)C=C(C)C)c1cccc(CN)c1. The molecule has 0 bridgehead atoms. The lowest BCUT2D eigenvalue weighted by atomic mass is 9.77. The van der Waals surface area contributed by atoms with Crippen molar-refractivity contribution in [3.05, 3.63) is 65.2 Å². The Labute approximate surface area is 244 Å². The number of hydrogen-bond acceptors (Lipinski definition) is 6. The molecule has 222 valence electrons. The molecule has 0 aliphatic carbocycles. The number of nitrogens with two attached hydrogens (primary N) is 1. The van der Waals surface area contributed by atoms with Crippen LogP contribution in [0.2, 0.25) is 0 Å². The number of fused-ring (bicyclic) bond motifs is 1. The van der Waals surface area contributed by atoms with E-state index in [1.165, 1.54) is 5.57 Å². The van der Waals surface area contributed by atoms with Crippen molar-refractivity contribution in [2.45, 2.75) is 72.4 Å². The van der Waals surface area contributed by atoms with Gasteiger partial charge < -0.3 is 25.2 Å². The summed E-state index contributed by atoms with van der Waals surface area (Å²) in [5.74, 6) is -0.567. The summed E-state index contributed by atoms with van der Waals surface area (Å²) >= 11 is 0. The van der Waals surface area contributed by atoms with E-state index in [0.29, 0.717) is 37.6 Å². The van der Waals surface area contributed by atoms with Crippen molar-refractivity contribution in [1.82, 2.24) is 4.90 Å². The summed E-state index contributed by atoms with van der Waals surface area (Å²) in [6.45, 7) is 12.2. The number of carbonyl (C=O) groups excluding carboxylic acids is 1. The van der Waals surface area contributed by atoms with Gasteiger partial charge in [0, 0.05) is 37.3 Å². The molecule has 2 heterocycles. The topological polar surface area (TPSA) is 105 Å². The molecule has 0 spiro atoms. The van der Waals surface area contributed by atoms with Gasteiger partial charge in [0.1, 0.15) is 0 Å². The number of benzene rings is 2. The molecule has 1 fully saturated rings. The number of amides is 1. The first-order valence-electron chi connectivity index (χ1n) is 14.6. The van der Waals surface area contributed by atoms with Crippen molar-refractivity contribution >= 4 is 17.6 Å². The number of aliphatic carboxylic acids is 1. The molecule has 0 aromatic heterocycles. The zero-order valence-corrected chi connectivity index (χ0v) is 25.1. The molecule has 41 heavy (non-hydrogen) atoms. The number of likely N-dealkylation sites (tertiary alicyclic amines) is 1. The molecule has 0 radical (unpaired) electrons. The first kappa shape index (κ1) is 30.6. The van der Waals surface area contributed by atoms with Gasteiger partial charge in [-0.3, -0.25) is 14.5 Å².